The number of benzene rings is 2. The van der Waals surface area contributed by atoms with Crippen LogP contribution in [0.5, 0.6) is 0 Å². The second kappa shape index (κ2) is 13.6. The van der Waals surface area contributed by atoms with Crippen molar-refractivity contribution in [3.05, 3.63) is 82.9 Å². The van der Waals surface area contributed by atoms with Gasteiger partial charge in [-0.25, -0.2) is 8.42 Å². The fourth-order valence-corrected chi connectivity index (χ4v) is 9.47. The third-order valence-electron chi connectivity index (χ3n) is 10.6. The van der Waals surface area contributed by atoms with Crippen LogP contribution in [0, 0.1) is 11.8 Å². The first-order valence-corrected chi connectivity index (χ1v) is 18.1. The molecule has 7 nitrogen and oxygen atoms in total. The van der Waals surface area contributed by atoms with E-state index in [9.17, 15) is 8.42 Å². The summed E-state index contributed by atoms with van der Waals surface area (Å²) < 4.78 is 25.7. The van der Waals surface area contributed by atoms with E-state index in [0.29, 0.717) is 11.8 Å². The van der Waals surface area contributed by atoms with Crippen molar-refractivity contribution in [2.75, 3.05) is 64.3 Å². The average Bonchev–Trinajstić information content (AvgIpc) is 3.76. The maximum absolute atomic E-state index is 12.9. The summed E-state index contributed by atoms with van der Waals surface area (Å²) in [6.07, 6.45) is 14.0. The Morgan fingerprint density at radius 1 is 0.955 bits per heavy atom. The second-order valence-electron chi connectivity index (χ2n) is 13.2. The molecule has 3 aliphatic heterocycles. The van der Waals surface area contributed by atoms with E-state index >= 15 is 0 Å². The third kappa shape index (κ3) is 6.26. The molecule has 3 saturated heterocycles. The first kappa shape index (κ1) is 31.1. The van der Waals surface area contributed by atoms with Crippen molar-refractivity contribution in [3.63, 3.8) is 0 Å². The number of rotatable bonds is 11. The Morgan fingerprint density at radius 2 is 1.66 bits per heavy atom. The van der Waals surface area contributed by atoms with Gasteiger partial charge >= 0.3 is 0 Å². The highest BCUT2D eigenvalue weighted by molar-refractivity contribution is 7.96. The molecule has 2 aromatic rings. The number of hydrogen-bond donors (Lipinski definition) is 1. The van der Waals surface area contributed by atoms with Gasteiger partial charge in [0, 0.05) is 62.7 Å². The molecule has 2 N–H and O–H groups in total. The minimum Gasteiger partial charge on any atom is -0.403 e. The van der Waals surface area contributed by atoms with Gasteiger partial charge in [-0.2, -0.15) is 0 Å². The van der Waals surface area contributed by atoms with Gasteiger partial charge < -0.3 is 20.4 Å². The Balaban J connectivity index is 1.07. The topological polar surface area (TPSA) is 82.2 Å². The van der Waals surface area contributed by atoms with Crippen molar-refractivity contribution in [1.82, 2.24) is 9.80 Å². The Morgan fingerprint density at radius 3 is 2.27 bits per heavy atom. The molecule has 3 fully saturated rings. The van der Waals surface area contributed by atoms with Crippen LogP contribution in [0.3, 0.4) is 0 Å². The summed E-state index contributed by atoms with van der Waals surface area (Å²) in [7, 11) is -2.13. The summed E-state index contributed by atoms with van der Waals surface area (Å²) in [4.78, 5) is 11.9. The van der Waals surface area contributed by atoms with E-state index in [1.54, 1.807) is 23.3 Å². The molecule has 4 aliphatic rings. The van der Waals surface area contributed by atoms with E-state index in [1.165, 1.54) is 90.9 Å². The van der Waals surface area contributed by atoms with Crippen LogP contribution in [0.15, 0.2) is 87.2 Å². The summed E-state index contributed by atoms with van der Waals surface area (Å²) in [5.41, 5.74) is 10.0. The molecule has 6 rings (SSSR count). The normalized spacial score (nSPS) is 22.8. The smallest absolute Gasteiger partial charge is 0.209 e. The van der Waals surface area contributed by atoms with Gasteiger partial charge in [0.2, 0.25) is 9.84 Å². The zero-order valence-corrected chi connectivity index (χ0v) is 27.1. The van der Waals surface area contributed by atoms with Crippen LogP contribution >= 0.6 is 0 Å². The Kier molecular flexibility index (Phi) is 9.59. The maximum atomic E-state index is 12.9. The molecular formula is C36H49N5O2S. The van der Waals surface area contributed by atoms with E-state index in [-0.39, 0.29) is 15.2 Å². The lowest BCUT2D eigenvalue weighted by Gasteiger charge is -2.49. The van der Waals surface area contributed by atoms with Crippen LogP contribution in [0.2, 0.25) is 0 Å². The number of allylic oxidation sites excluding steroid dienone is 2. The molecule has 1 unspecified atom stereocenters. The second-order valence-corrected chi connectivity index (χ2v) is 15.2. The Labute approximate surface area is 264 Å². The first-order chi connectivity index (χ1) is 21.4. The minimum atomic E-state index is -3.66. The predicted molar refractivity (Wildman–Crippen MR) is 181 cm³/mol. The third-order valence-corrected chi connectivity index (χ3v) is 12.3. The van der Waals surface area contributed by atoms with Gasteiger partial charge in [-0.1, -0.05) is 42.0 Å². The first-order valence-electron chi connectivity index (χ1n) is 16.6. The van der Waals surface area contributed by atoms with Crippen LogP contribution in [0.4, 0.5) is 5.69 Å². The van der Waals surface area contributed by atoms with Crippen LogP contribution < -0.4 is 10.6 Å². The van der Waals surface area contributed by atoms with Gasteiger partial charge in [-0.15, -0.1) is 0 Å². The van der Waals surface area contributed by atoms with E-state index in [1.807, 2.05) is 12.1 Å². The van der Waals surface area contributed by atoms with E-state index < -0.39 is 9.84 Å². The maximum Gasteiger partial charge on any atom is 0.209 e. The van der Waals surface area contributed by atoms with E-state index in [2.05, 4.69) is 56.1 Å². The van der Waals surface area contributed by atoms with Crippen molar-refractivity contribution in [2.24, 2.45) is 22.6 Å². The number of sulfone groups is 1. The standard InChI is InChI=1S/C36H49N5O2S/c1-38-24-35(23-37)44(42,43)34-15-13-33(14-16-34)41-26-29(27-41)25-39-21-17-32(18-22-39)36(31-11-5-6-12-31,28-40-19-7-8-20-40)30-9-3-2-4-10-30/h2-4,9-11,13-16,23-24,29,32H,5-8,12,17-22,25-28,37H2,1H3. The summed E-state index contributed by atoms with van der Waals surface area (Å²) in [6, 6.07) is 18.7. The SMILES string of the molecule is CN=CC(=CN)S(=O)(=O)c1ccc(N2CC(CN3CCC(C(CN4CCCC4)(C4=CCCC4)c4ccccc4)CC3)C2)cc1. The van der Waals surface area contributed by atoms with Crippen LogP contribution in [-0.2, 0) is 15.3 Å². The quantitative estimate of drug-likeness (QED) is 0.275. The van der Waals surface area contributed by atoms with Gasteiger partial charge in [0.05, 0.1) is 4.90 Å². The fourth-order valence-electron chi connectivity index (χ4n) is 8.28. The van der Waals surface area contributed by atoms with Crippen LogP contribution in [-0.4, -0.2) is 83.8 Å². The lowest BCUT2D eigenvalue weighted by molar-refractivity contribution is 0.101. The summed E-state index contributed by atoms with van der Waals surface area (Å²) in [5, 5.41) is 0. The van der Waals surface area contributed by atoms with Crippen molar-refractivity contribution < 1.29 is 8.42 Å². The van der Waals surface area contributed by atoms with Gasteiger partial charge in [-0.05, 0) is 107 Å². The van der Waals surface area contributed by atoms with Crippen molar-refractivity contribution in [1.29, 1.82) is 0 Å². The molecule has 0 bridgehead atoms. The minimum absolute atomic E-state index is 0.0116. The number of nitrogens with two attached hydrogens (primary N) is 1. The van der Waals surface area contributed by atoms with Gasteiger partial charge in [-0.3, -0.25) is 4.99 Å². The monoisotopic (exact) mass is 615 g/mol. The van der Waals surface area contributed by atoms with Gasteiger partial charge in [0.25, 0.3) is 0 Å². The number of nitrogens with zero attached hydrogens (tertiary/aromatic N) is 4. The summed E-state index contributed by atoms with van der Waals surface area (Å²) >= 11 is 0. The van der Waals surface area contributed by atoms with Gasteiger partial charge in [0.1, 0.15) is 4.91 Å². The van der Waals surface area contributed by atoms with Crippen LogP contribution in [0.1, 0.15) is 50.5 Å². The molecule has 0 radical (unpaired) electrons. The molecule has 3 heterocycles. The molecule has 236 valence electrons. The molecule has 1 atom stereocenters. The zero-order valence-electron chi connectivity index (χ0n) is 26.3. The molecule has 8 heteroatoms. The highest BCUT2D eigenvalue weighted by Crippen LogP contribution is 2.49. The molecule has 0 spiro atoms. The lowest BCUT2D eigenvalue weighted by atomic mass is 9.61. The van der Waals surface area contributed by atoms with E-state index in [0.717, 1.165) is 31.5 Å². The number of aliphatic imine (C=N–C) groups is 1. The number of piperidine rings is 1. The summed E-state index contributed by atoms with van der Waals surface area (Å²) in [6.45, 7) is 9.19. The highest BCUT2D eigenvalue weighted by atomic mass is 32.2. The van der Waals surface area contributed by atoms with Gasteiger partial charge in [0.15, 0.2) is 0 Å². The highest BCUT2D eigenvalue weighted by Gasteiger charge is 2.46. The van der Waals surface area contributed by atoms with Crippen LogP contribution in [0.25, 0.3) is 0 Å². The molecule has 1 aliphatic carbocycles. The average molecular weight is 616 g/mol. The lowest BCUT2D eigenvalue weighted by Crippen LogP contribution is -2.54. The fraction of sp³-hybridized carbons (Fsp3) is 0.528. The summed E-state index contributed by atoms with van der Waals surface area (Å²) in [5.74, 6) is 1.32. The van der Waals surface area contributed by atoms with Crippen molar-refractivity contribution in [3.8, 4) is 0 Å². The molecule has 44 heavy (non-hydrogen) atoms. The number of anilines is 1. The molecule has 0 amide bonds. The molecular weight excluding hydrogens is 566 g/mol. The largest absolute Gasteiger partial charge is 0.403 e. The number of hydrogen-bond acceptors (Lipinski definition) is 7. The molecule has 0 saturated carbocycles. The Hall–Kier alpha value is -2.94. The van der Waals surface area contributed by atoms with Crippen molar-refractivity contribution >= 4 is 21.7 Å². The Bertz CT molecular complexity index is 1450. The molecule has 2 aromatic carbocycles. The molecule has 0 aromatic heterocycles. The number of likely N-dealkylation sites (tertiary alicyclic amines) is 2. The predicted octanol–water partition coefficient (Wildman–Crippen LogP) is 5.25. The van der Waals surface area contributed by atoms with Crippen molar-refractivity contribution in [2.45, 2.75) is 55.3 Å². The van der Waals surface area contributed by atoms with E-state index in [4.69, 9.17) is 5.73 Å². The zero-order chi connectivity index (χ0) is 30.6.